The molecule has 2 aromatic carbocycles. The molecule has 0 spiro atoms. The van der Waals surface area contributed by atoms with E-state index in [0.717, 1.165) is 5.56 Å². The number of carbonyl (C=O) groups excluding carboxylic acids is 3. The molecule has 2 heterocycles. The number of amides is 1. The Balaban J connectivity index is 1.83. The molecular weight excluding hydrogens is 430 g/mol. The molecular formula is C27H25N3O4. The number of aromatic nitrogens is 2. The lowest BCUT2D eigenvalue weighted by Gasteiger charge is -2.25. The van der Waals surface area contributed by atoms with Crippen LogP contribution in [0.1, 0.15) is 70.3 Å². The zero-order valence-electron chi connectivity index (χ0n) is 19.4. The van der Waals surface area contributed by atoms with Crippen molar-refractivity contribution in [2.75, 3.05) is 4.90 Å². The summed E-state index contributed by atoms with van der Waals surface area (Å²) in [6.45, 7) is 7.35. The molecule has 7 nitrogen and oxygen atoms in total. The van der Waals surface area contributed by atoms with Crippen LogP contribution in [0.5, 0.6) is 0 Å². The number of rotatable bonds is 6. The van der Waals surface area contributed by atoms with Crippen molar-refractivity contribution in [2.24, 2.45) is 0 Å². The predicted molar refractivity (Wildman–Crippen MR) is 128 cm³/mol. The number of anilines is 1. The van der Waals surface area contributed by atoms with E-state index in [9.17, 15) is 19.5 Å². The van der Waals surface area contributed by atoms with E-state index in [1.54, 1.807) is 55.5 Å². The first kappa shape index (κ1) is 23.0. The van der Waals surface area contributed by atoms with E-state index in [2.05, 4.69) is 24.0 Å². The smallest absolute Gasteiger partial charge is 0.295 e. The number of hydrogen-bond acceptors (Lipinski definition) is 6. The number of ketones is 2. The van der Waals surface area contributed by atoms with Crippen LogP contribution in [0, 0.1) is 6.92 Å². The Labute approximate surface area is 197 Å². The molecule has 0 bridgehead atoms. The van der Waals surface area contributed by atoms with Crippen LogP contribution in [0.2, 0.25) is 0 Å². The number of benzene rings is 2. The van der Waals surface area contributed by atoms with Crippen LogP contribution < -0.4 is 4.90 Å². The molecule has 1 atom stereocenters. The van der Waals surface area contributed by atoms with Crippen LogP contribution in [0.15, 0.2) is 72.0 Å². The second kappa shape index (κ2) is 9.02. The first-order chi connectivity index (χ1) is 16.2. The second-order valence-electron chi connectivity index (χ2n) is 8.66. The Morgan fingerprint density at radius 2 is 1.53 bits per heavy atom. The molecule has 1 N–H and O–H groups in total. The van der Waals surface area contributed by atoms with E-state index in [1.165, 1.54) is 11.8 Å². The van der Waals surface area contributed by atoms with Crippen molar-refractivity contribution in [2.45, 2.75) is 39.7 Å². The zero-order valence-corrected chi connectivity index (χ0v) is 19.4. The number of nitrogens with zero attached hydrogens (tertiary/aromatic N) is 3. The normalized spacial score (nSPS) is 15.9. The zero-order chi connectivity index (χ0) is 24.6. The summed E-state index contributed by atoms with van der Waals surface area (Å²) >= 11 is 0. The quantitative estimate of drug-likeness (QED) is 0.531. The van der Waals surface area contributed by atoms with E-state index in [0.29, 0.717) is 28.3 Å². The number of aliphatic hydroxyl groups excluding tert-OH is 1. The Morgan fingerprint density at radius 3 is 2.06 bits per heavy atom. The monoisotopic (exact) mass is 455 g/mol. The van der Waals surface area contributed by atoms with E-state index < -0.39 is 23.5 Å². The van der Waals surface area contributed by atoms with E-state index in [-0.39, 0.29) is 17.2 Å². The van der Waals surface area contributed by atoms with Gasteiger partial charge in [-0.05, 0) is 43.0 Å². The summed E-state index contributed by atoms with van der Waals surface area (Å²) in [7, 11) is 0. The number of aryl methyl sites for hydroxylation is 1. The lowest BCUT2D eigenvalue weighted by atomic mass is 9.91. The Kier molecular flexibility index (Phi) is 6.11. The average Bonchev–Trinajstić information content (AvgIpc) is 3.09. The van der Waals surface area contributed by atoms with Crippen LogP contribution in [0.3, 0.4) is 0 Å². The van der Waals surface area contributed by atoms with Gasteiger partial charge in [-0.3, -0.25) is 19.3 Å². The van der Waals surface area contributed by atoms with Crippen molar-refractivity contribution in [3.63, 3.8) is 0 Å². The SMILES string of the molecule is CC(=O)c1ccc(C2C(C(=O)c3ccc(C(C)C)cc3)=C(O)C(=O)N2c2ccc(C)nn2)cc1. The summed E-state index contributed by atoms with van der Waals surface area (Å²) in [5.41, 5.74) is 3.12. The Hall–Kier alpha value is -4.13. The van der Waals surface area contributed by atoms with Gasteiger partial charge in [-0.2, -0.15) is 5.10 Å². The number of Topliss-reactive ketones (excluding diaryl/α,β-unsaturated/α-hetero) is 2. The molecule has 1 aliphatic rings. The maximum absolute atomic E-state index is 13.6. The van der Waals surface area contributed by atoms with Crippen LogP contribution in [-0.2, 0) is 4.79 Å². The first-order valence-corrected chi connectivity index (χ1v) is 11.0. The highest BCUT2D eigenvalue weighted by molar-refractivity contribution is 6.20. The van der Waals surface area contributed by atoms with Crippen LogP contribution in [0.25, 0.3) is 0 Å². The van der Waals surface area contributed by atoms with E-state index >= 15 is 0 Å². The minimum Gasteiger partial charge on any atom is -0.503 e. The molecule has 0 fully saturated rings. The van der Waals surface area contributed by atoms with Crippen molar-refractivity contribution in [1.29, 1.82) is 0 Å². The van der Waals surface area contributed by atoms with Gasteiger partial charge in [0.1, 0.15) is 0 Å². The summed E-state index contributed by atoms with van der Waals surface area (Å²) in [5, 5.41) is 19.0. The van der Waals surface area contributed by atoms with Gasteiger partial charge in [-0.25, -0.2) is 0 Å². The highest BCUT2D eigenvalue weighted by atomic mass is 16.3. The van der Waals surface area contributed by atoms with Crippen molar-refractivity contribution in [3.8, 4) is 0 Å². The molecule has 0 saturated carbocycles. The van der Waals surface area contributed by atoms with Crippen molar-refractivity contribution in [1.82, 2.24) is 10.2 Å². The second-order valence-corrected chi connectivity index (χ2v) is 8.66. The van der Waals surface area contributed by atoms with Gasteiger partial charge >= 0.3 is 0 Å². The van der Waals surface area contributed by atoms with Crippen molar-refractivity contribution < 1.29 is 19.5 Å². The topological polar surface area (TPSA) is 100 Å². The number of carbonyl (C=O) groups is 3. The fourth-order valence-corrected chi connectivity index (χ4v) is 3.98. The van der Waals surface area contributed by atoms with E-state index in [1.807, 2.05) is 12.1 Å². The van der Waals surface area contributed by atoms with Crippen molar-refractivity contribution >= 4 is 23.3 Å². The molecule has 34 heavy (non-hydrogen) atoms. The molecule has 0 radical (unpaired) electrons. The third-order valence-corrected chi connectivity index (χ3v) is 5.96. The Bertz CT molecular complexity index is 1290. The summed E-state index contributed by atoms with van der Waals surface area (Å²) in [5.74, 6) is -1.41. The maximum Gasteiger partial charge on any atom is 0.295 e. The maximum atomic E-state index is 13.6. The predicted octanol–water partition coefficient (Wildman–Crippen LogP) is 4.89. The molecule has 1 amide bonds. The van der Waals surface area contributed by atoms with Crippen LogP contribution >= 0.6 is 0 Å². The van der Waals surface area contributed by atoms with Gasteiger partial charge < -0.3 is 5.11 Å². The van der Waals surface area contributed by atoms with Crippen molar-refractivity contribution in [3.05, 3.63) is 99.9 Å². The number of aliphatic hydroxyl groups is 1. The molecule has 1 aromatic heterocycles. The third kappa shape index (κ3) is 4.12. The van der Waals surface area contributed by atoms with Gasteiger partial charge in [-0.1, -0.05) is 62.4 Å². The largest absolute Gasteiger partial charge is 0.503 e. The first-order valence-electron chi connectivity index (χ1n) is 11.0. The molecule has 1 aliphatic heterocycles. The minimum absolute atomic E-state index is 0.0414. The average molecular weight is 456 g/mol. The van der Waals surface area contributed by atoms with Gasteiger partial charge in [0.25, 0.3) is 5.91 Å². The van der Waals surface area contributed by atoms with Crippen LogP contribution in [-0.4, -0.2) is 32.8 Å². The standard InChI is InChI=1S/C27H25N3O4/c1-15(2)18-6-12-21(13-7-18)25(32)23-24(20-10-8-19(9-11-20)17(4)31)30(27(34)26(23)33)22-14-5-16(3)28-29-22/h5-15,24,33H,1-4H3. The van der Waals surface area contributed by atoms with Gasteiger partial charge in [0.2, 0.25) is 0 Å². The van der Waals surface area contributed by atoms with Crippen LogP contribution in [0.4, 0.5) is 5.82 Å². The molecule has 0 saturated heterocycles. The highest BCUT2D eigenvalue weighted by Gasteiger charge is 2.45. The molecule has 0 aliphatic carbocycles. The summed E-state index contributed by atoms with van der Waals surface area (Å²) < 4.78 is 0. The van der Waals surface area contributed by atoms with Gasteiger partial charge in [0, 0.05) is 11.1 Å². The van der Waals surface area contributed by atoms with Gasteiger partial charge in [-0.15, -0.1) is 5.10 Å². The summed E-state index contributed by atoms with van der Waals surface area (Å²) in [6, 6.07) is 16.2. The molecule has 4 rings (SSSR count). The number of hydrogen-bond donors (Lipinski definition) is 1. The third-order valence-electron chi connectivity index (χ3n) is 5.96. The summed E-state index contributed by atoms with van der Waals surface area (Å²) in [4.78, 5) is 39.8. The lowest BCUT2D eigenvalue weighted by molar-refractivity contribution is -0.117. The van der Waals surface area contributed by atoms with E-state index in [4.69, 9.17) is 0 Å². The van der Waals surface area contributed by atoms with Gasteiger partial charge in [0.05, 0.1) is 17.3 Å². The molecule has 3 aromatic rings. The fourth-order valence-electron chi connectivity index (χ4n) is 3.98. The molecule has 7 heteroatoms. The minimum atomic E-state index is -0.928. The molecule has 172 valence electrons. The molecule has 1 unspecified atom stereocenters. The summed E-state index contributed by atoms with van der Waals surface area (Å²) in [6.07, 6.45) is 0. The lowest BCUT2D eigenvalue weighted by Crippen LogP contribution is -2.32. The Morgan fingerprint density at radius 1 is 0.912 bits per heavy atom. The van der Waals surface area contributed by atoms with Gasteiger partial charge in [0.15, 0.2) is 23.1 Å². The highest BCUT2D eigenvalue weighted by Crippen LogP contribution is 2.41. The fraction of sp³-hybridized carbons (Fsp3) is 0.222.